The van der Waals surface area contributed by atoms with Gasteiger partial charge in [-0.1, -0.05) is 60.7 Å². The number of nitrogens with two attached hydrogens (primary N) is 1. The van der Waals surface area contributed by atoms with Gasteiger partial charge in [-0.05, 0) is 111 Å². The Bertz CT molecular complexity index is 2890. The van der Waals surface area contributed by atoms with Crippen molar-refractivity contribution in [3.05, 3.63) is 151 Å². The second-order valence-corrected chi connectivity index (χ2v) is 15.2. The van der Waals surface area contributed by atoms with Gasteiger partial charge in [-0.25, -0.2) is 9.97 Å². The number of benzene rings is 5. The Hall–Kier alpha value is -5.94. The van der Waals surface area contributed by atoms with E-state index in [-0.39, 0.29) is 5.95 Å². The summed E-state index contributed by atoms with van der Waals surface area (Å²) in [7, 11) is 4.94. The number of carbonyl (C=O) groups excluding carboxylic acids is 2. The van der Waals surface area contributed by atoms with E-state index in [0.29, 0.717) is 17.9 Å². The number of nitrogen functional groups attached to an aromatic ring is 1. The van der Waals surface area contributed by atoms with Crippen molar-refractivity contribution in [2.75, 3.05) is 27.1 Å². The lowest BCUT2D eigenvalue weighted by atomic mass is 10.2. The first-order valence-corrected chi connectivity index (χ1v) is 20.2. The summed E-state index contributed by atoms with van der Waals surface area (Å²) < 4.78 is 21.9. The first kappa shape index (κ1) is 40.3. The van der Waals surface area contributed by atoms with E-state index in [1.807, 2.05) is 84.9 Å². The van der Waals surface area contributed by atoms with Crippen molar-refractivity contribution >= 4 is 107 Å². The predicted octanol–water partition coefficient (Wildman–Crippen LogP) is 9.93. The highest BCUT2D eigenvalue weighted by Gasteiger charge is 2.17. The van der Waals surface area contributed by atoms with Crippen molar-refractivity contribution in [3.8, 4) is 17.2 Å². The number of nitrogens with zero attached hydrogens (tertiary/aromatic N) is 4. The lowest BCUT2D eigenvalue weighted by molar-refractivity contribution is 0.111. The molecule has 5 aromatic carbocycles. The number of carbonyl (C=O) groups is 2. The number of ether oxygens (including phenoxy) is 3. The third-order valence-corrected chi connectivity index (χ3v) is 11.9. The van der Waals surface area contributed by atoms with E-state index < -0.39 is 0 Å². The minimum absolute atomic E-state index is 0.277. The lowest BCUT2D eigenvalue weighted by Gasteiger charge is -2.08. The molecular formula is C45H38I2N6O5. The monoisotopic (exact) mass is 996 g/mol. The molecule has 4 heterocycles. The van der Waals surface area contributed by atoms with Crippen molar-refractivity contribution in [1.29, 1.82) is 0 Å². The van der Waals surface area contributed by atoms with Crippen molar-refractivity contribution in [2.45, 2.75) is 13.1 Å². The highest BCUT2D eigenvalue weighted by Crippen LogP contribution is 2.33. The van der Waals surface area contributed by atoms with Crippen molar-refractivity contribution in [3.63, 3.8) is 0 Å². The zero-order valence-electron chi connectivity index (χ0n) is 31.8. The maximum Gasteiger partial charge on any atom is 0.220 e. The highest BCUT2D eigenvalue weighted by molar-refractivity contribution is 14.1. The summed E-state index contributed by atoms with van der Waals surface area (Å²) in [6.07, 6.45) is 3.54. The van der Waals surface area contributed by atoms with Crippen molar-refractivity contribution in [2.24, 2.45) is 0 Å². The van der Waals surface area contributed by atoms with Crippen LogP contribution in [0.5, 0.6) is 17.2 Å². The molecule has 13 heteroatoms. The average Bonchev–Trinajstić information content (AvgIpc) is 3.85. The van der Waals surface area contributed by atoms with Crippen LogP contribution in [0.3, 0.4) is 0 Å². The number of aromatic amines is 1. The average molecular weight is 997 g/mol. The van der Waals surface area contributed by atoms with E-state index in [2.05, 4.69) is 99.6 Å². The van der Waals surface area contributed by atoms with E-state index in [9.17, 15) is 9.59 Å². The molecule has 0 aliphatic heterocycles. The third-order valence-electron chi connectivity index (χ3n) is 9.64. The van der Waals surface area contributed by atoms with E-state index >= 15 is 0 Å². The normalized spacial score (nSPS) is 10.8. The van der Waals surface area contributed by atoms with Crippen LogP contribution >= 0.6 is 45.2 Å². The number of nitrogens with one attached hydrogen (secondary N) is 1. The Kier molecular flexibility index (Phi) is 12.6. The van der Waals surface area contributed by atoms with Gasteiger partial charge in [0.2, 0.25) is 5.95 Å². The van der Waals surface area contributed by atoms with Gasteiger partial charge in [0.05, 0.1) is 55.5 Å². The molecule has 0 bridgehead atoms. The van der Waals surface area contributed by atoms with Crippen LogP contribution < -0.4 is 19.9 Å². The summed E-state index contributed by atoms with van der Waals surface area (Å²) >= 11 is 4.38. The van der Waals surface area contributed by atoms with Gasteiger partial charge in [0.15, 0.2) is 12.6 Å². The number of methoxy groups -OCH3 is 3. The Morgan fingerprint density at radius 3 is 1.74 bits per heavy atom. The molecule has 0 atom stereocenters. The van der Waals surface area contributed by atoms with E-state index in [1.54, 1.807) is 27.5 Å². The number of aldehydes is 2. The fourth-order valence-electron chi connectivity index (χ4n) is 6.78. The largest absolute Gasteiger partial charge is 0.497 e. The molecular weight excluding hydrogens is 958 g/mol. The van der Waals surface area contributed by atoms with Gasteiger partial charge in [0.25, 0.3) is 0 Å². The number of H-pyrrole nitrogens is 1. The topological polar surface area (TPSA) is 139 Å². The quantitative estimate of drug-likeness (QED) is 0.108. The molecule has 9 aromatic rings. The van der Waals surface area contributed by atoms with Crippen molar-refractivity contribution in [1.82, 2.24) is 24.1 Å². The highest BCUT2D eigenvalue weighted by atomic mass is 127. The zero-order chi connectivity index (χ0) is 40.8. The predicted molar refractivity (Wildman–Crippen MR) is 247 cm³/mol. The number of anilines is 1. The fraction of sp³-hybridized carbons (Fsp3) is 0.111. The van der Waals surface area contributed by atoms with Crippen LogP contribution in [0.25, 0.3) is 43.7 Å². The van der Waals surface area contributed by atoms with Gasteiger partial charge in [-0.15, -0.1) is 0 Å². The molecule has 3 N–H and O–H groups in total. The summed E-state index contributed by atoms with van der Waals surface area (Å²) in [4.78, 5) is 33.8. The lowest BCUT2D eigenvalue weighted by Crippen LogP contribution is -2.04. The van der Waals surface area contributed by atoms with Gasteiger partial charge in [-0.3, -0.25) is 9.59 Å². The van der Waals surface area contributed by atoms with Gasteiger partial charge in [0, 0.05) is 41.9 Å². The van der Waals surface area contributed by atoms with E-state index in [1.165, 1.54) is 11.1 Å². The second-order valence-electron chi connectivity index (χ2n) is 13.1. The van der Waals surface area contributed by atoms with Crippen LogP contribution in [0.2, 0.25) is 0 Å². The van der Waals surface area contributed by atoms with Gasteiger partial charge < -0.3 is 34.1 Å². The molecule has 0 fully saturated rings. The molecule has 0 saturated heterocycles. The number of aromatic nitrogens is 5. The Morgan fingerprint density at radius 1 is 0.638 bits per heavy atom. The molecule has 11 nitrogen and oxygen atoms in total. The minimum Gasteiger partial charge on any atom is -0.497 e. The molecule has 0 spiro atoms. The van der Waals surface area contributed by atoms with Crippen LogP contribution in [-0.4, -0.2) is 58.0 Å². The number of hydrogen-bond acceptors (Lipinski definition) is 8. The summed E-state index contributed by atoms with van der Waals surface area (Å²) in [5, 5.41) is 3.09. The number of hydrogen-bond donors (Lipinski definition) is 2. The van der Waals surface area contributed by atoms with Gasteiger partial charge >= 0.3 is 0 Å². The standard InChI is InChI=1S/C18H16N4O.C17H14INO2.C10H8INO2/c1-23-13-7-8-15-14(9-13)17-16(10-20-18(19)21-17)22(15)11-12-5-3-2-4-6-12;1-21-13-7-8-15-14(9-13)17(18)16(11-20)19(15)10-12-5-3-2-4-6-12;1-14-6-2-3-8-7(4-6)10(11)9(5-13)12-8/h2-10H,11H2,1H3,(H2,19,20,21);2-9,11H,10H2,1H3;2-5,12H,1H3. The Morgan fingerprint density at radius 2 is 1.17 bits per heavy atom. The van der Waals surface area contributed by atoms with E-state index in [4.69, 9.17) is 19.9 Å². The maximum atomic E-state index is 11.5. The molecule has 58 heavy (non-hydrogen) atoms. The second kappa shape index (κ2) is 18.1. The molecule has 9 rings (SSSR count). The van der Waals surface area contributed by atoms with Gasteiger partial charge in [-0.2, -0.15) is 0 Å². The van der Waals surface area contributed by atoms with Crippen LogP contribution in [0.15, 0.2) is 121 Å². The zero-order valence-corrected chi connectivity index (χ0v) is 36.1. The summed E-state index contributed by atoms with van der Waals surface area (Å²) in [5.74, 6) is 2.68. The molecule has 0 radical (unpaired) electrons. The fourth-order valence-corrected chi connectivity index (χ4v) is 8.34. The summed E-state index contributed by atoms with van der Waals surface area (Å²) in [6.45, 7) is 1.43. The SMILES string of the molecule is COc1ccc2[nH]c(C=O)c(I)c2c1.COc1ccc2c(c1)c(I)c(C=O)n2Cc1ccccc1.COc1ccc2c(c1)c1nc(N)ncc1n2Cc1ccccc1. The van der Waals surface area contributed by atoms with Crippen LogP contribution in [0, 0.1) is 7.14 Å². The maximum absolute atomic E-state index is 11.5. The third kappa shape index (κ3) is 8.36. The van der Waals surface area contributed by atoms with Crippen molar-refractivity contribution < 1.29 is 23.8 Å². The van der Waals surface area contributed by atoms with Crippen LogP contribution in [-0.2, 0) is 13.1 Å². The number of fused-ring (bicyclic) bond motifs is 5. The molecule has 0 saturated carbocycles. The minimum atomic E-state index is 0.277. The first-order chi connectivity index (χ1) is 28.3. The number of halogens is 2. The Labute approximate surface area is 361 Å². The number of rotatable bonds is 9. The molecule has 0 aliphatic carbocycles. The molecule has 0 amide bonds. The summed E-state index contributed by atoms with van der Waals surface area (Å²) in [5.41, 5.74) is 14.4. The Balaban J connectivity index is 0.000000136. The van der Waals surface area contributed by atoms with Crippen LogP contribution in [0.1, 0.15) is 32.1 Å². The smallest absolute Gasteiger partial charge is 0.220 e. The molecule has 292 valence electrons. The molecule has 0 unspecified atom stereocenters. The first-order valence-electron chi connectivity index (χ1n) is 18.0. The van der Waals surface area contributed by atoms with Crippen LogP contribution in [0.4, 0.5) is 5.95 Å². The molecule has 4 aromatic heterocycles. The molecule has 0 aliphatic rings. The summed E-state index contributed by atoms with van der Waals surface area (Å²) in [6, 6.07) is 38.1. The van der Waals surface area contributed by atoms with Gasteiger partial charge in [0.1, 0.15) is 22.8 Å². The van der Waals surface area contributed by atoms with E-state index in [0.717, 1.165) is 87.2 Å².